The number of nitrogens with one attached hydrogen (secondary N) is 1. The maximum atomic E-state index is 6.37. The van der Waals surface area contributed by atoms with Gasteiger partial charge >= 0.3 is 0 Å². The van der Waals surface area contributed by atoms with E-state index in [9.17, 15) is 0 Å². The summed E-state index contributed by atoms with van der Waals surface area (Å²) < 4.78 is 17.5. The summed E-state index contributed by atoms with van der Waals surface area (Å²) in [4.78, 5) is 0. The van der Waals surface area contributed by atoms with Crippen LogP contribution in [0.2, 0.25) is 10.0 Å². The van der Waals surface area contributed by atoms with Crippen LogP contribution in [0.4, 0.5) is 5.69 Å². The third-order valence-corrected chi connectivity index (χ3v) is 6.05. The Hall–Kier alpha value is -1.82. The summed E-state index contributed by atoms with van der Waals surface area (Å²) in [6.45, 7) is 5.28. The number of hydrazine groups is 1. The molecule has 0 saturated carbocycles. The van der Waals surface area contributed by atoms with E-state index in [-0.39, 0.29) is 5.02 Å². The average molecular weight is 498 g/mol. The summed E-state index contributed by atoms with van der Waals surface area (Å²) in [5.74, 6) is 7.76. The number of rotatable bonds is 17. The van der Waals surface area contributed by atoms with Gasteiger partial charge < -0.3 is 19.6 Å². The topological polar surface area (TPSA) is 65.7 Å². The summed E-state index contributed by atoms with van der Waals surface area (Å²) in [6, 6.07) is 9.11. The fourth-order valence-corrected chi connectivity index (χ4v) is 4.18. The summed E-state index contributed by atoms with van der Waals surface area (Å²) in [6.07, 6.45) is 13.1. The molecule has 0 aliphatic rings. The van der Waals surface area contributed by atoms with Crippen LogP contribution in [-0.2, 0) is 0 Å². The Balaban J connectivity index is 1.75. The molecule has 0 amide bonds. The molecule has 5 nitrogen and oxygen atoms in total. The number of benzene rings is 2. The van der Waals surface area contributed by atoms with Crippen LogP contribution in [0.15, 0.2) is 30.3 Å². The minimum Gasteiger partial charge on any atom is -0.494 e. The second-order valence-corrected chi connectivity index (χ2v) is 8.84. The van der Waals surface area contributed by atoms with Gasteiger partial charge in [-0.25, -0.2) is 0 Å². The first-order valence-electron chi connectivity index (χ1n) is 12.1. The Morgan fingerprint density at radius 3 is 1.94 bits per heavy atom. The number of hydrogen-bond donors (Lipinski definition) is 2. The molecule has 0 spiro atoms. The lowest BCUT2D eigenvalue weighted by Crippen LogP contribution is -2.09. The summed E-state index contributed by atoms with van der Waals surface area (Å²) in [7, 11) is 0. The van der Waals surface area contributed by atoms with Crippen LogP contribution in [0.25, 0.3) is 0 Å². The van der Waals surface area contributed by atoms with Crippen molar-refractivity contribution < 1.29 is 14.2 Å². The number of ether oxygens (including phenoxy) is 3. The molecule has 0 fully saturated rings. The first kappa shape index (κ1) is 27.4. The molecule has 2 aromatic carbocycles. The maximum absolute atomic E-state index is 6.37. The number of unbranched alkanes of at least 4 members (excludes halogenated alkanes) is 9. The van der Waals surface area contributed by atoms with Crippen molar-refractivity contribution in [2.24, 2.45) is 5.84 Å². The number of hydrogen-bond acceptors (Lipinski definition) is 5. The highest BCUT2D eigenvalue weighted by molar-refractivity contribution is 6.40. The van der Waals surface area contributed by atoms with E-state index < -0.39 is 0 Å². The van der Waals surface area contributed by atoms with E-state index in [2.05, 4.69) is 12.3 Å². The third kappa shape index (κ3) is 9.52. The molecule has 3 N–H and O–H groups in total. The molecule has 0 atom stereocenters. The fourth-order valence-electron chi connectivity index (χ4n) is 3.58. The van der Waals surface area contributed by atoms with Crippen LogP contribution >= 0.6 is 23.2 Å². The lowest BCUT2D eigenvalue weighted by Gasteiger charge is -2.17. The van der Waals surface area contributed by atoms with Crippen molar-refractivity contribution in [3.63, 3.8) is 0 Å². The standard InChI is InChI=1S/C26H38Cl2N2O3/c1-3-5-6-7-8-9-10-11-12-13-18-32-20-14-16-21(17-15-20)33-23-19-22(27)25(30-29)24(28)26(23)31-4-2/h14-17,19,30H,3-13,18,29H2,1-2H3. The number of halogens is 2. The summed E-state index contributed by atoms with van der Waals surface area (Å²) >= 11 is 12.6. The summed E-state index contributed by atoms with van der Waals surface area (Å²) in [5, 5.41) is 0.621. The highest BCUT2D eigenvalue weighted by atomic mass is 35.5. The van der Waals surface area contributed by atoms with Crippen molar-refractivity contribution in [1.82, 2.24) is 0 Å². The molecular weight excluding hydrogens is 459 g/mol. The molecule has 0 unspecified atom stereocenters. The van der Waals surface area contributed by atoms with E-state index >= 15 is 0 Å². The predicted molar refractivity (Wildman–Crippen MR) is 139 cm³/mol. The molecule has 33 heavy (non-hydrogen) atoms. The van der Waals surface area contributed by atoms with Gasteiger partial charge in [-0.15, -0.1) is 0 Å². The van der Waals surface area contributed by atoms with E-state index in [1.54, 1.807) is 6.07 Å². The highest BCUT2D eigenvalue weighted by Gasteiger charge is 2.18. The van der Waals surface area contributed by atoms with E-state index in [0.29, 0.717) is 34.6 Å². The van der Waals surface area contributed by atoms with Gasteiger partial charge in [-0.3, -0.25) is 5.84 Å². The minimum absolute atomic E-state index is 0.276. The van der Waals surface area contributed by atoms with Crippen LogP contribution < -0.4 is 25.5 Å². The second-order valence-electron chi connectivity index (χ2n) is 8.06. The normalized spacial score (nSPS) is 10.8. The zero-order chi connectivity index (χ0) is 23.9. The zero-order valence-corrected chi connectivity index (χ0v) is 21.4. The molecule has 0 aliphatic carbocycles. The van der Waals surface area contributed by atoms with Crippen molar-refractivity contribution in [3.05, 3.63) is 40.4 Å². The second kappa shape index (κ2) is 15.9. The monoisotopic (exact) mass is 496 g/mol. The summed E-state index contributed by atoms with van der Waals surface area (Å²) in [5.41, 5.74) is 2.89. The molecular formula is C26H38Cl2N2O3. The van der Waals surface area contributed by atoms with Gasteiger partial charge in [0.25, 0.3) is 0 Å². The van der Waals surface area contributed by atoms with Gasteiger partial charge in [-0.1, -0.05) is 87.9 Å². The van der Waals surface area contributed by atoms with Crippen molar-refractivity contribution >= 4 is 28.9 Å². The molecule has 2 aromatic rings. The molecule has 0 aromatic heterocycles. The van der Waals surface area contributed by atoms with Gasteiger partial charge in [0.05, 0.1) is 23.9 Å². The molecule has 0 radical (unpaired) electrons. The van der Waals surface area contributed by atoms with Crippen LogP contribution in [0.1, 0.15) is 78.1 Å². The average Bonchev–Trinajstić information content (AvgIpc) is 2.81. The molecule has 0 bridgehead atoms. The maximum Gasteiger partial charge on any atom is 0.182 e. The van der Waals surface area contributed by atoms with Crippen molar-refractivity contribution in [1.29, 1.82) is 0 Å². The largest absolute Gasteiger partial charge is 0.494 e. The Morgan fingerprint density at radius 2 is 1.36 bits per heavy atom. The molecule has 7 heteroatoms. The van der Waals surface area contributed by atoms with Crippen molar-refractivity contribution in [2.45, 2.75) is 78.1 Å². The van der Waals surface area contributed by atoms with Crippen molar-refractivity contribution in [2.75, 3.05) is 18.6 Å². The van der Waals surface area contributed by atoms with E-state index in [1.165, 1.54) is 57.8 Å². The van der Waals surface area contributed by atoms with Gasteiger partial charge in [0.15, 0.2) is 11.5 Å². The lowest BCUT2D eigenvalue weighted by molar-refractivity contribution is 0.303. The smallest absolute Gasteiger partial charge is 0.182 e. The zero-order valence-electron chi connectivity index (χ0n) is 19.9. The van der Waals surface area contributed by atoms with E-state index in [1.807, 2.05) is 31.2 Å². The van der Waals surface area contributed by atoms with Gasteiger partial charge in [0.1, 0.15) is 16.5 Å². The fraction of sp³-hybridized carbons (Fsp3) is 0.538. The molecule has 2 rings (SSSR count). The minimum atomic E-state index is 0.276. The number of nitrogen functional groups attached to an aromatic ring is 1. The number of anilines is 1. The van der Waals surface area contributed by atoms with E-state index in [0.717, 1.165) is 18.8 Å². The predicted octanol–water partition coefficient (Wildman–Crippen LogP) is 8.77. The lowest BCUT2D eigenvalue weighted by atomic mass is 10.1. The van der Waals surface area contributed by atoms with Crippen LogP contribution in [0, 0.1) is 0 Å². The molecule has 0 aliphatic heterocycles. The first-order valence-corrected chi connectivity index (χ1v) is 12.9. The first-order chi connectivity index (χ1) is 16.1. The molecule has 0 heterocycles. The van der Waals surface area contributed by atoms with Crippen LogP contribution in [-0.4, -0.2) is 13.2 Å². The van der Waals surface area contributed by atoms with Crippen molar-refractivity contribution in [3.8, 4) is 23.0 Å². The number of nitrogens with two attached hydrogens (primary N) is 1. The van der Waals surface area contributed by atoms with Crippen LogP contribution in [0.5, 0.6) is 23.0 Å². The van der Waals surface area contributed by atoms with Gasteiger partial charge in [0, 0.05) is 6.07 Å². The van der Waals surface area contributed by atoms with Gasteiger partial charge in [-0.05, 0) is 37.6 Å². The highest BCUT2D eigenvalue weighted by Crippen LogP contribution is 2.46. The Kier molecular flexibility index (Phi) is 13.2. The molecule has 0 saturated heterocycles. The SMILES string of the molecule is CCCCCCCCCCCCOc1ccc(Oc2cc(Cl)c(NN)c(Cl)c2OCC)cc1. The Morgan fingerprint density at radius 1 is 0.788 bits per heavy atom. The quantitative estimate of drug-likeness (QED) is 0.130. The van der Waals surface area contributed by atoms with Gasteiger partial charge in [-0.2, -0.15) is 0 Å². The molecule has 184 valence electrons. The van der Waals surface area contributed by atoms with E-state index in [4.69, 9.17) is 43.3 Å². The Labute approximate surface area is 208 Å². The van der Waals surface area contributed by atoms with Crippen LogP contribution in [0.3, 0.4) is 0 Å². The van der Waals surface area contributed by atoms with Gasteiger partial charge in [0.2, 0.25) is 0 Å². The third-order valence-electron chi connectivity index (χ3n) is 5.39. The Bertz CT molecular complexity index is 816.